The number of halogens is 2. The van der Waals surface area contributed by atoms with Crippen LogP contribution in [0.25, 0.3) is 11.1 Å². The summed E-state index contributed by atoms with van der Waals surface area (Å²) in [4.78, 5) is 100. The third-order valence-corrected chi connectivity index (χ3v) is 16.7. The van der Waals surface area contributed by atoms with E-state index in [1.165, 1.54) is 26.0 Å². The Labute approximate surface area is 529 Å². The van der Waals surface area contributed by atoms with E-state index in [4.69, 9.17) is 68.8 Å². The van der Waals surface area contributed by atoms with E-state index < -0.39 is 219 Å². The van der Waals surface area contributed by atoms with Crippen LogP contribution in [-0.2, 0) is 47.8 Å². The number of carboxylic acids is 1. The van der Waals surface area contributed by atoms with Crippen molar-refractivity contribution in [3.63, 3.8) is 0 Å². The smallest absolute Gasteiger partial charge is 0.330 e. The molecule has 490 valence electrons. The predicted octanol–water partition coefficient (Wildman–Crippen LogP) is -0.685. The van der Waals surface area contributed by atoms with Gasteiger partial charge in [-0.2, -0.15) is 0 Å². The lowest BCUT2D eigenvalue weighted by atomic mass is 9.86. The minimum Gasteiger partial charge on any atom is -0.508 e. The number of aliphatic carboxylic acids is 1. The van der Waals surface area contributed by atoms with E-state index in [9.17, 15) is 75.0 Å². The van der Waals surface area contributed by atoms with Crippen LogP contribution in [0.1, 0.15) is 84.8 Å². The van der Waals surface area contributed by atoms with Gasteiger partial charge in [-0.15, -0.1) is 0 Å². The SMILES string of the molecule is CC1O[C@@H](OC2[C@H](Oc3c4cc5cc3Oc3ccc(cc3Cl)[C@@H](O)[C@@H](N)C(=O)N[C@@H](CC(N)=O)C(=O)N[C@H]5C(=O)N[C@H]3C(=O)N[C@H](C(=O)N[C@@H](C(=O)O)c5cc(O)cc(O)c5-c5cc3ccc5O)[C@H](O)c3ccc(c(Cl)c3)O4)OC(CO)[C@@H](O)[C@@H]2O)C[C@@](C)(N)[C@@H]1O. The summed E-state index contributed by atoms with van der Waals surface area (Å²) in [6, 6.07) is 0.765. The number of carbonyl (C=O) groups is 7. The number of ether oxygens (including phenoxy) is 6. The van der Waals surface area contributed by atoms with Crippen LogP contribution in [0.5, 0.6) is 46.0 Å². The molecule has 0 spiro atoms. The Balaban J connectivity index is 1.24. The van der Waals surface area contributed by atoms with Crippen molar-refractivity contribution in [3.05, 3.63) is 117 Å². The number of nitrogens with one attached hydrogen (secondary N) is 5. The van der Waals surface area contributed by atoms with Gasteiger partial charge >= 0.3 is 5.97 Å². The molecule has 3 unspecified atom stereocenters. The van der Waals surface area contributed by atoms with Gasteiger partial charge in [0.1, 0.15) is 89.5 Å². The molecule has 7 aliphatic heterocycles. The zero-order valence-corrected chi connectivity index (χ0v) is 49.6. The zero-order valence-electron chi connectivity index (χ0n) is 48.1. The third kappa shape index (κ3) is 13.2. The number of hydrogen-bond acceptors (Lipinski definition) is 24. The molecule has 7 heterocycles. The molecule has 12 rings (SSSR count). The largest absolute Gasteiger partial charge is 0.508 e. The predicted molar refractivity (Wildman–Crippen MR) is 313 cm³/mol. The molecule has 0 aliphatic carbocycles. The van der Waals surface area contributed by atoms with E-state index in [2.05, 4.69) is 26.6 Å². The van der Waals surface area contributed by atoms with Crippen molar-refractivity contribution >= 4 is 64.6 Å². The molecule has 5 aromatic carbocycles. The maximum Gasteiger partial charge on any atom is 0.330 e. The van der Waals surface area contributed by atoms with Crippen molar-refractivity contribution in [1.29, 1.82) is 0 Å². The number of nitrogens with two attached hydrogens (primary N) is 3. The van der Waals surface area contributed by atoms with Gasteiger partial charge in [-0.05, 0) is 90.7 Å². The average Bonchev–Trinajstić information content (AvgIpc) is 0.784. The van der Waals surface area contributed by atoms with Gasteiger partial charge in [0.25, 0.3) is 0 Å². The Hall–Kier alpha value is -8.67. The topological polar surface area (TPSA) is 515 Å². The Kier molecular flexibility index (Phi) is 18.8. The first-order valence-corrected chi connectivity index (χ1v) is 28.9. The molecule has 21 N–H and O–H groups in total. The molecule has 11 bridgehead atoms. The normalized spacial score (nSPS) is 30.8. The van der Waals surface area contributed by atoms with E-state index in [0.717, 1.165) is 66.7 Å². The number of aromatic hydroxyl groups is 3. The summed E-state index contributed by atoms with van der Waals surface area (Å²) in [6.45, 7) is 2.05. The summed E-state index contributed by atoms with van der Waals surface area (Å²) in [7, 11) is 0. The first kappa shape index (κ1) is 66.3. The molecule has 0 saturated carbocycles. The quantitative estimate of drug-likeness (QED) is 0.0915. The minimum atomic E-state index is -2.28. The number of benzene rings is 5. The van der Waals surface area contributed by atoms with Crippen LogP contribution in [0.4, 0.5) is 0 Å². The first-order chi connectivity index (χ1) is 43.4. The molecule has 0 radical (unpaired) electrons. The standard InChI is InChI=1S/C59H62Cl2N8O23/c1-19-51(79)59(2,64)17-38(87-19)91-50-48(78)47(77)36(18-70)90-58(50)92-49-34-12-23-13-35(49)89-33-8-5-22(11-28(33)61)46(76)44-56(84)68-43(57(85)86)26-14-24(71)15-31(73)39(26)25-9-20(3-6-30(25)72)41(54(82)69-44)67-55(83)42(23)66-52(80)29(16-37(62)74)65-53(81)40(63)45(75)21-4-7-32(88-34)27(60)10-21/h3-15,19,29,36,38,40-48,50-51,58,70-73,75-79H,16-18,63-64H2,1-2H3,(H2,62,74)(H,65,81)(H,66,80)(H,67,83)(H,68,84)(H,69,82)(H,85,86)/t19?,29-,36?,38-,40+,41+,42+,43+,44-,45+,46+,47+,48-,50?,51+,58-,59+/m0/s1. The number of phenolic OH excluding ortho intramolecular Hbond substituents is 3. The Morgan fingerprint density at radius 2 is 1.28 bits per heavy atom. The van der Waals surface area contributed by atoms with Crippen molar-refractivity contribution in [2.75, 3.05) is 6.61 Å². The van der Waals surface area contributed by atoms with E-state index in [1.54, 1.807) is 0 Å². The zero-order chi connectivity index (χ0) is 66.7. The molecule has 2 saturated heterocycles. The molecule has 17 atom stereocenters. The van der Waals surface area contributed by atoms with Gasteiger partial charge in [0.05, 0.1) is 35.3 Å². The number of phenols is 3. The Morgan fingerprint density at radius 3 is 1.88 bits per heavy atom. The molecular weight excluding hydrogens is 1260 g/mol. The summed E-state index contributed by atoms with van der Waals surface area (Å²) in [5.74, 6) is -14.7. The van der Waals surface area contributed by atoms with Gasteiger partial charge in [-0.1, -0.05) is 41.4 Å². The van der Waals surface area contributed by atoms with Gasteiger partial charge in [-0.3, -0.25) is 28.8 Å². The summed E-state index contributed by atoms with van der Waals surface area (Å²) in [5, 5.41) is 124. The minimum absolute atomic E-state index is 0.0953. The molecular formula is C59H62Cl2N8O23. The first-order valence-electron chi connectivity index (χ1n) is 28.2. The number of primary amides is 1. The highest BCUT2D eigenvalue weighted by Gasteiger charge is 2.51. The second kappa shape index (κ2) is 26.1. The van der Waals surface area contributed by atoms with Gasteiger partial charge in [0.2, 0.25) is 47.5 Å². The molecule has 92 heavy (non-hydrogen) atoms. The van der Waals surface area contributed by atoms with Crippen LogP contribution in [0.3, 0.4) is 0 Å². The Bertz CT molecular complexity index is 3790. The molecule has 5 aromatic rings. The lowest BCUT2D eigenvalue weighted by molar-refractivity contribution is -0.333. The number of aliphatic hydroxyl groups excluding tert-OH is 6. The lowest BCUT2D eigenvalue weighted by Gasteiger charge is -2.47. The number of rotatable bonds is 8. The van der Waals surface area contributed by atoms with E-state index in [0.29, 0.717) is 0 Å². The van der Waals surface area contributed by atoms with Crippen LogP contribution in [-0.4, -0.2) is 172 Å². The summed E-state index contributed by atoms with van der Waals surface area (Å²) in [6.07, 6.45) is -18.3. The summed E-state index contributed by atoms with van der Waals surface area (Å²) >= 11 is 13.9. The van der Waals surface area contributed by atoms with Crippen LogP contribution in [0.15, 0.2) is 78.9 Å². The van der Waals surface area contributed by atoms with Crippen molar-refractivity contribution in [2.45, 2.75) is 130 Å². The van der Waals surface area contributed by atoms with E-state index in [-0.39, 0.29) is 39.6 Å². The second-order valence-corrected chi connectivity index (χ2v) is 23.6. The van der Waals surface area contributed by atoms with Gasteiger partial charge in [0.15, 0.2) is 29.9 Å². The van der Waals surface area contributed by atoms with Crippen molar-refractivity contribution in [1.82, 2.24) is 26.6 Å². The lowest BCUT2D eigenvalue weighted by Crippen LogP contribution is -2.64. The number of amides is 6. The van der Waals surface area contributed by atoms with Crippen molar-refractivity contribution in [2.24, 2.45) is 17.2 Å². The van der Waals surface area contributed by atoms with Gasteiger partial charge in [-0.25, -0.2) is 4.79 Å². The molecule has 7 aliphatic rings. The fourth-order valence-corrected chi connectivity index (χ4v) is 11.7. The monoisotopic (exact) mass is 1320 g/mol. The second-order valence-electron chi connectivity index (χ2n) is 22.8. The van der Waals surface area contributed by atoms with Crippen LogP contribution in [0, 0.1) is 0 Å². The molecule has 0 aromatic heterocycles. The molecule has 6 amide bonds. The summed E-state index contributed by atoms with van der Waals surface area (Å²) < 4.78 is 38.0. The fourth-order valence-electron chi connectivity index (χ4n) is 11.3. The number of fused-ring (bicyclic) bond motifs is 15. The third-order valence-electron chi connectivity index (χ3n) is 16.1. The number of carboxylic acid groups (broad SMARTS) is 1. The highest BCUT2D eigenvalue weighted by Crippen LogP contribution is 2.50. The van der Waals surface area contributed by atoms with Crippen LogP contribution >= 0.6 is 23.2 Å². The maximum atomic E-state index is 15.8. The van der Waals surface area contributed by atoms with Gasteiger partial charge < -0.3 is 123 Å². The van der Waals surface area contributed by atoms with Crippen molar-refractivity contribution in [3.8, 4) is 57.1 Å². The maximum absolute atomic E-state index is 15.8. The van der Waals surface area contributed by atoms with Crippen molar-refractivity contribution < 1.29 is 113 Å². The molecule has 33 heteroatoms. The van der Waals surface area contributed by atoms with Crippen LogP contribution < -0.4 is 58.0 Å². The van der Waals surface area contributed by atoms with E-state index in [1.807, 2.05) is 0 Å². The highest BCUT2D eigenvalue weighted by atomic mass is 35.5. The summed E-state index contributed by atoms with van der Waals surface area (Å²) in [5.41, 5.74) is 14.3. The fraction of sp³-hybridized carbons (Fsp3) is 0.373. The average molecular weight is 1320 g/mol. The number of carbonyl (C=O) groups excluding carboxylic acids is 6. The molecule has 2 fully saturated rings. The van der Waals surface area contributed by atoms with Gasteiger partial charge in [0, 0.05) is 34.7 Å². The van der Waals surface area contributed by atoms with E-state index >= 15 is 9.59 Å². The number of aliphatic hydroxyl groups is 6. The highest BCUT2D eigenvalue weighted by molar-refractivity contribution is 6.32. The van der Waals surface area contributed by atoms with Crippen LogP contribution in [0.2, 0.25) is 10.0 Å². The Morgan fingerprint density at radius 1 is 0.685 bits per heavy atom. The number of hydrogen-bond donors (Lipinski definition) is 18. The molecule has 31 nitrogen and oxygen atoms in total.